The molecule has 0 spiro atoms. The lowest BCUT2D eigenvalue weighted by Gasteiger charge is -2.34. The van der Waals surface area contributed by atoms with Gasteiger partial charge in [-0.1, -0.05) is 13.0 Å². The summed E-state index contributed by atoms with van der Waals surface area (Å²) in [5, 5.41) is 10.3. The number of rotatable bonds is 4. The molecule has 0 aromatic heterocycles. The lowest BCUT2D eigenvalue weighted by Crippen LogP contribution is -2.45. The Bertz CT molecular complexity index is 590. The molecule has 0 unspecified atom stereocenters. The standard InChI is InChI=1S/C14H19F2NO3S/c1-10-5-7-14(18,8-6-10)9-17-21(19,20)13-11(15)3-2-4-12(13)16/h2-4,10,17-18H,5-9H2,1H3. The van der Waals surface area contributed by atoms with Gasteiger partial charge in [0.05, 0.1) is 5.60 Å². The Morgan fingerprint density at radius 3 is 2.33 bits per heavy atom. The van der Waals surface area contributed by atoms with E-state index < -0.39 is 32.2 Å². The van der Waals surface area contributed by atoms with Crippen LogP contribution in [-0.2, 0) is 10.0 Å². The van der Waals surface area contributed by atoms with E-state index in [-0.39, 0.29) is 6.54 Å². The molecule has 0 saturated heterocycles. The number of aliphatic hydroxyl groups is 1. The van der Waals surface area contributed by atoms with Gasteiger partial charge in [-0.05, 0) is 43.7 Å². The van der Waals surface area contributed by atoms with Crippen LogP contribution >= 0.6 is 0 Å². The fourth-order valence-electron chi connectivity index (χ4n) is 2.52. The van der Waals surface area contributed by atoms with E-state index in [9.17, 15) is 22.3 Å². The first-order valence-electron chi connectivity index (χ1n) is 6.90. The molecule has 1 saturated carbocycles. The van der Waals surface area contributed by atoms with E-state index >= 15 is 0 Å². The first-order valence-corrected chi connectivity index (χ1v) is 8.38. The number of sulfonamides is 1. The van der Waals surface area contributed by atoms with Gasteiger partial charge >= 0.3 is 0 Å². The normalized spacial score (nSPS) is 26.8. The van der Waals surface area contributed by atoms with Crippen molar-refractivity contribution in [3.05, 3.63) is 29.8 Å². The summed E-state index contributed by atoms with van der Waals surface area (Å²) in [6.07, 6.45) is 2.53. The quantitative estimate of drug-likeness (QED) is 0.894. The van der Waals surface area contributed by atoms with Gasteiger partial charge in [0.1, 0.15) is 11.6 Å². The first kappa shape index (κ1) is 16.3. The maximum Gasteiger partial charge on any atom is 0.246 e. The molecule has 1 fully saturated rings. The molecule has 4 nitrogen and oxygen atoms in total. The summed E-state index contributed by atoms with van der Waals surface area (Å²) in [6, 6.07) is 2.86. The molecule has 0 radical (unpaired) electrons. The van der Waals surface area contributed by atoms with Gasteiger partial charge in [0.2, 0.25) is 10.0 Å². The third-order valence-electron chi connectivity index (χ3n) is 3.98. The third-order valence-corrected chi connectivity index (χ3v) is 5.44. The zero-order valence-corrected chi connectivity index (χ0v) is 12.6. The molecule has 2 N–H and O–H groups in total. The molecule has 7 heteroatoms. The minimum Gasteiger partial charge on any atom is -0.389 e. The van der Waals surface area contributed by atoms with Crippen molar-refractivity contribution in [1.82, 2.24) is 4.72 Å². The van der Waals surface area contributed by atoms with E-state index in [1.807, 2.05) is 0 Å². The zero-order valence-electron chi connectivity index (χ0n) is 11.8. The Morgan fingerprint density at radius 2 is 1.81 bits per heavy atom. The molecule has 1 aliphatic carbocycles. The summed E-state index contributed by atoms with van der Waals surface area (Å²) in [5.74, 6) is -1.80. The molecule has 1 aromatic rings. The minimum atomic E-state index is -4.33. The van der Waals surface area contributed by atoms with Gasteiger partial charge in [-0.15, -0.1) is 0 Å². The van der Waals surface area contributed by atoms with Gasteiger partial charge in [0.25, 0.3) is 0 Å². The largest absolute Gasteiger partial charge is 0.389 e. The second-order valence-electron chi connectivity index (χ2n) is 5.78. The lowest BCUT2D eigenvalue weighted by atomic mass is 9.80. The smallest absolute Gasteiger partial charge is 0.246 e. The van der Waals surface area contributed by atoms with Crippen LogP contribution in [0.1, 0.15) is 32.6 Å². The van der Waals surface area contributed by atoms with Crippen molar-refractivity contribution in [2.75, 3.05) is 6.54 Å². The molecular formula is C14H19F2NO3S. The van der Waals surface area contributed by atoms with E-state index in [4.69, 9.17) is 0 Å². The average molecular weight is 319 g/mol. The molecule has 0 amide bonds. The molecule has 0 bridgehead atoms. The molecule has 1 aliphatic rings. The van der Waals surface area contributed by atoms with Crippen molar-refractivity contribution < 1.29 is 22.3 Å². The third kappa shape index (κ3) is 3.78. The fourth-order valence-corrected chi connectivity index (χ4v) is 3.77. The van der Waals surface area contributed by atoms with Gasteiger partial charge in [0.15, 0.2) is 4.90 Å². The Labute approximate surface area is 123 Å². The topological polar surface area (TPSA) is 66.4 Å². The number of halogens is 2. The molecule has 2 rings (SSSR count). The maximum absolute atomic E-state index is 13.5. The van der Waals surface area contributed by atoms with Crippen LogP contribution in [0.15, 0.2) is 23.1 Å². The highest BCUT2D eigenvalue weighted by molar-refractivity contribution is 7.89. The second kappa shape index (κ2) is 5.98. The minimum absolute atomic E-state index is 0.240. The van der Waals surface area contributed by atoms with Crippen LogP contribution in [0, 0.1) is 17.6 Å². The summed E-state index contributed by atoms with van der Waals surface area (Å²) in [7, 11) is -4.33. The van der Waals surface area contributed by atoms with E-state index in [0.717, 1.165) is 31.0 Å². The first-order chi connectivity index (χ1) is 9.73. The van der Waals surface area contributed by atoms with E-state index in [2.05, 4.69) is 11.6 Å². The van der Waals surface area contributed by atoms with Crippen LogP contribution < -0.4 is 4.72 Å². The molecule has 1 aromatic carbocycles. The average Bonchev–Trinajstić information content (AvgIpc) is 2.40. The Morgan fingerprint density at radius 1 is 1.29 bits per heavy atom. The maximum atomic E-state index is 13.5. The highest BCUT2D eigenvalue weighted by Gasteiger charge is 2.34. The molecule has 118 valence electrons. The van der Waals surface area contributed by atoms with Crippen LogP contribution in [0.3, 0.4) is 0 Å². The Kier molecular flexibility index (Phi) is 4.65. The van der Waals surface area contributed by atoms with Gasteiger partial charge in [-0.2, -0.15) is 0 Å². The summed E-state index contributed by atoms with van der Waals surface area (Å²) in [4.78, 5) is -1.00. The van der Waals surface area contributed by atoms with Crippen molar-refractivity contribution in [3.63, 3.8) is 0 Å². The molecule has 21 heavy (non-hydrogen) atoms. The van der Waals surface area contributed by atoms with E-state index in [1.165, 1.54) is 0 Å². The zero-order chi connectivity index (χ0) is 15.7. The summed E-state index contributed by atoms with van der Waals surface area (Å²) < 4.78 is 53.2. The fraction of sp³-hybridized carbons (Fsp3) is 0.571. The van der Waals surface area contributed by atoms with Crippen LogP contribution in [0.25, 0.3) is 0 Å². The van der Waals surface area contributed by atoms with Crippen molar-refractivity contribution in [3.8, 4) is 0 Å². The summed E-state index contributed by atoms with van der Waals surface area (Å²) in [6.45, 7) is 1.83. The summed E-state index contributed by atoms with van der Waals surface area (Å²) in [5.41, 5.74) is -1.15. The highest BCUT2D eigenvalue weighted by Crippen LogP contribution is 2.31. The van der Waals surface area contributed by atoms with Gasteiger partial charge in [-0.25, -0.2) is 21.9 Å². The number of benzene rings is 1. The van der Waals surface area contributed by atoms with Crippen LogP contribution in [-0.4, -0.2) is 25.7 Å². The van der Waals surface area contributed by atoms with Crippen molar-refractivity contribution in [2.45, 2.75) is 43.1 Å². The number of nitrogens with one attached hydrogen (secondary N) is 1. The number of hydrogen-bond acceptors (Lipinski definition) is 3. The lowest BCUT2D eigenvalue weighted by molar-refractivity contribution is -0.00185. The monoisotopic (exact) mass is 319 g/mol. The van der Waals surface area contributed by atoms with Crippen molar-refractivity contribution in [1.29, 1.82) is 0 Å². The SMILES string of the molecule is CC1CCC(O)(CNS(=O)(=O)c2c(F)cccc2F)CC1. The molecule has 0 heterocycles. The van der Waals surface area contributed by atoms with Crippen LogP contribution in [0.4, 0.5) is 8.78 Å². The molecule has 0 aliphatic heterocycles. The second-order valence-corrected chi connectivity index (χ2v) is 7.49. The molecule has 0 atom stereocenters. The van der Waals surface area contributed by atoms with Gasteiger partial charge < -0.3 is 5.11 Å². The van der Waals surface area contributed by atoms with Crippen molar-refractivity contribution in [2.24, 2.45) is 5.92 Å². The molecular weight excluding hydrogens is 300 g/mol. The van der Waals surface area contributed by atoms with Crippen LogP contribution in [0.2, 0.25) is 0 Å². The van der Waals surface area contributed by atoms with E-state index in [0.29, 0.717) is 18.8 Å². The highest BCUT2D eigenvalue weighted by atomic mass is 32.2. The van der Waals surface area contributed by atoms with Crippen LogP contribution in [0.5, 0.6) is 0 Å². The van der Waals surface area contributed by atoms with Crippen molar-refractivity contribution >= 4 is 10.0 Å². The Hall–Kier alpha value is -1.05. The Balaban J connectivity index is 2.12. The predicted octanol–water partition coefficient (Wildman–Crippen LogP) is 2.18. The number of hydrogen-bond donors (Lipinski definition) is 2. The summed E-state index contributed by atoms with van der Waals surface area (Å²) >= 11 is 0. The van der Waals surface area contributed by atoms with Gasteiger partial charge in [-0.3, -0.25) is 0 Å². The van der Waals surface area contributed by atoms with Gasteiger partial charge in [0, 0.05) is 6.54 Å². The predicted molar refractivity (Wildman–Crippen MR) is 74.1 cm³/mol. The van der Waals surface area contributed by atoms with E-state index in [1.54, 1.807) is 0 Å².